The molecule has 2 aromatic heterocycles. The first kappa shape index (κ1) is 11.6. The third-order valence-corrected chi connectivity index (χ3v) is 4.69. The van der Waals surface area contributed by atoms with Gasteiger partial charge < -0.3 is 5.73 Å². The highest BCUT2D eigenvalue weighted by Crippen LogP contribution is 2.34. The van der Waals surface area contributed by atoms with Gasteiger partial charge in [-0.15, -0.1) is 11.3 Å². The average molecular weight is 273 g/mol. The van der Waals surface area contributed by atoms with Gasteiger partial charge in [0.15, 0.2) is 4.34 Å². The smallest absolute Gasteiger partial charge is 0.157 e. The Morgan fingerprint density at radius 2 is 2.06 bits per heavy atom. The van der Waals surface area contributed by atoms with Crippen LogP contribution in [0.4, 0.5) is 0 Å². The van der Waals surface area contributed by atoms with E-state index in [1.54, 1.807) is 29.3 Å². The lowest BCUT2D eigenvalue weighted by Gasteiger charge is -2.02. The standard InChI is InChI=1S/C13H11N3S2/c14-8-9-4-3-7-15-12(9)18-13-16-10-5-1-2-6-11(10)17-13/h1-7H,8,14H2. The summed E-state index contributed by atoms with van der Waals surface area (Å²) in [6, 6.07) is 12.0. The average Bonchev–Trinajstić information content (AvgIpc) is 2.81. The van der Waals surface area contributed by atoms with Gasteiger partial charge in [-0.2, -0.15) is 0 Å². The SMILES string of the molecule is NCc1cccnc1Sc1nc2ccccc2s1. The highest BCUT2D eigenvalue weighted by atomic mass is 32.2. The van der Waals surface area contributed by atoms with Gasteiger partial charge in [0.1, 0.15) is 5.03 Å². The van der Waals surface area contributed by atoms with Crippen LogP contribution in [-0.2, 0) is 6.54 Å². The van der Waals surface area contributed by atoms with Crippen LogP contribution in [0.1, 0.15) is 5.56 Å². The van der Waals surface area contributed by atoms with E-state index in [9.17, 15) is 0 Å². The zero-order valence-corrected chi connectivity index (χ0v) is 11.2. The fourth-order valence-electron chi connectivity index (χ4n) is 1.65. The van der Waals surface area contributed by atoms with Crippen molar-refractivity contribution in [2.75, 3.05) is 0 Å². The summed E-state index contributed by atoms with van der Waals surface area (Å²) in [7, 11) is 0. The van der Waals surface area contributed by atoms with Crippen molar-refractivity contribution in [2.24, 2.45) is 5.73 Å². The van der Waals surface area contributed by atoms with Gasteiger partial charge in [-0.25, -0.2) is 9.97 Å². The van der Waals surface area contributed by atoms with E-state index in [0.29, 0.717) is 6.54 Å². The van der Waals surface area contributed by atoms with Crippen LogP contribution in [0, 0.1) is 0 Å². The number of aromatic nitrogens is 2. The molecule has 0 aliphatic rings. The molecule has 0 radical (unpaired) electrons. The second-order valence-electron chi connectivity index (χ2n) is 3.72. The van der Waals surface area contributed by atoms with Crippen molar-refractivity contribution in [1.82, 2.24) is 9.97 Å². The predicted molar refractivity (Wildman–Crippen MR) is 75.9 cm³/mol. The summed E-state index contributed by atoms with van der Waals surface area (Å²) in [5.41, 5.74) is 7.80. The molecule has 0 amide bonds. The molecular formula is C13H11N3S2. The number of benzene rings is 1. The highest BCUT2D eigenvalue weighted by Gasteiger charge is 2.08. The molecule has 0 saturated heterocycles. The van der Waals surface area contributed by atoms with Crippen LogP contribution in [0.2, 0.25) is 0 Å². The van der Waals surface area contributed by atoms with Crippen LogP contribution in [0.5, 0.6) is 0 Å². The van der Waals surface area contributed by atoms with Crippen molar-refractivity contribution in [3.05, 3.63) is 48.2 Å². The molecule has 90 valence electrons. The molecule has 0 saturated carbocycles. The molecule has 0 atom stereocenters. The Labute approximate surface area is 113 Å². The van der Waals surface area contributed by atoms with Gasteiger partial charge in [-0.3, -0.25) is 0 Å². The molecule has 0 aliphatic carbocycles. The van der Waals surface area contributed by atoms with Crippen LogP contribution >= 0.6 is 23.1 Å². The molecule has 2 N–H and O–H groups in total. The van der Waals surface area contributed by atoms with E-state index >= 15 is 0 Å². The van der Waals surface area contributed by atoms with E-state index in [1.165, 1.54) is 4.70 Å². The Kier molecular flexibility index (Phi) is 3.27. The Balaban J connectivity index is 1.96. The Morgan fingerprint density at radius 1 is 1.17 bits per heavy atom. The summed E-state index contributed by atoms with van der Waals surface area (Å²) in [5.74, 6) is 0. The maximum absolute atomic E-state index is 5.71. The van der Waals surface area contributed by atoms with Gasteiger partial charge in [0.05, 0.1) is 10.2 Å². The van der Waals surface area contributed by atoms with Crippen molar-refractivity contribution < 1.29 is 0 Å². The molecule has 0 unspecified atom stereocenters. The van der Waals surface area contributed by atoms with Crippen LogP contribution < -0.4 is 5.73 Å². The minimum Gasteiger partial charge on any atom is -0.326 e. The lowest BCUT2D eigenvalue weighted by Crippen LogP contribution is -1.99. The molecule has 1 aromatic carbocycles. The Morgan fingerprint density at radius 3 is 2.89 bits per heavy atom. The summed E-state index contributed by atoms with van der Waals surface area (Å²) in [5, 5.41) is 0.944. The summed E-state index contributed by atoms with van der Waals surface area (Å²) < 4.78 is 2.20. The number of hydrogen-bond acceptors (Lipinski definition) is 5. The van der Waals surface area contributed by atoms with Crippen molar-refractivity contribution in [3.8, 4) is 0 Å². The van der Waals surface area contributed by atoms with Gasteiger partial charge >= 0.3 is 0 Å². The number of pyridine rings is 1. The molecule has 0 spiro atoms. The van der Waals surface area contributed by atoms with Crippen LogP contribution in [0.15, 0.2) is 52.0 Å². The van der Waals surface area contributed by atoms with Gasteiger partial charge in [-0.05, 0) is 35.5 Å². The Hall–Kier alpha value is -1.43. The van der Waals surface area contributed by atoms with Crippen molar-refractivity contribution in [1.29, 1.82) is 0 Å². The fourth-order valence-corrected chi connectivity index (χ4v) is 3.72. The summed E-state index contributed by atoms with van der Waals surface area (Å²) in [6.07, 6.45) is 1.79. The molecule has 5 heteroatoms. The highest BCUT2D eigenvalue weighted by molar-refractivity contribution is 8.01. The van der Waals surface area contributed by atoms with Crippen LogP contribution in [-0.4, -0.2) is 9.97 Å². The second-order valence-corrected chi connectivity index (χ2v) is 5.99. The summed E-state index contributed by atoms with van der Waals surface area (Å²) >= 11 is 3.26. The monoisotopic (exact) mass is 273 g/mol. The topological polar surface area (TPSA) is 51.8 Å². The first-order valence-electron chi connectivity index (χ1n) is 5.54. The summed E-state index contributed by atoms with van der Waals surface area (Å²) in [6.45, 7) is 0.501. The van der Waals surface area contributed by atoms with E-state index in [2.05, 4.69) is 16.0 Å². The van der Waals surface area contributed by atoms with Crippen molar-refractivity contribution in [2.45, 2.75) is 15.9 Å². The van der Waals surface area contributed by atoms with Crippen LogP contribution in [0.25, 0.3) is 10.2 Å². The zero-order chi connectivity index (χ0) is 12.4. The van der Waals surface area contributed by atoms with Gasteiger partial charge in [0.25, 0.3) is 0 Å². The first-order valence-corrected chi connectivity index (χ1v) is 7.17. The van der Waals surface area contributed by atoms with Crippen molar-refractivity contribution >= 4 is 33.3 Å². The van der Waals surface area contributed by atoms with Crippen LogP contribution in [0.3, 0.4) is 0 Å². The van der Waals surface area contributed by atoms with Gasteiger partial charge in [-0.1, -0.05) is 18.2 Å². The fraction of sp³-hybridized carbons (Fsp3) is 0.0769. The minimum atomic E-state index is 0.501. The second kappa shape index (κ2) is 5.06. The zero-order valence-electron chi connectivity index (χ0n) is 9.54. The van der Waals surface area contributed by atoms with Gasteiger partial charge in [0.2, 0.25) is 0 Å². The molecule has 0 aliphatic heterocycles. The molecule has 3 aromatic rings. The van der Waals surface area contributed by atoms with Gasteiger partial charge in [0, 0.05) is 12.7 Å². The maximum atomic E-state index is 5.71. The molecule has 3 rings (SSSR count). The number of thiazole rings is 1. The predicted octanol–water partition coefficient (Wildman–Crippen LogP) is 3.30. The minimum absolute atomic E-state index is 0.501. The Bertz CT molecular complexity index is 646. The molecule has 18 heavy (non-hydrogen) atoms. The van der Waals surface area contributed by atoms with E-state index in [1.807, 2.05) is 30.3 Å². The van der Waals surface area contributed by atoms with E-state index in [0.717, 1.165) is 20.4 Å². The quantitative estimate of drug-likeness (QED) is 0.795. The lowest BCUT2D eigenvalue weighted by molar-refractivity contribution is 0.962. The molecule has 3 nitrogen and oxygen atoms in total. The summed E-state index contributed by atoms with van der Waals surface area (Å²) in [4.78, 5) is 8.95. The number of para-hydroxylation sites is 1. The van der Waals surface area contributed by atoms with E-state index in [4.69, 9.17) is 5.73 Å². The van der Waals surface area contributed by atoms with Crippen molar-refractivity contribution in [3.63, 3.8) is 0 Å². The number of hydrogen-bond donors (Lipinski definition) is 1. The third-order valence-electron chi connectivity index (χ3n) is 2.53. The van der Waals surface area contributed by atoms with E-state index in [-0.39, 0.29) is 0 Å². The van der Waals surface area contributed by atoms with E-state index < -0.39 is 0 Å². The largest absolute Gasteiger partial charge is 0.326 e. The number of nitrogens with zero attached hydrogens (tertiary/aromatic N) is 2. The molecular weight excluding hydrogens is 262 g/mol. The number of nitrogens with two attached hydrogens (primary N) is 1. The maximum Gasteiger partial charge on any atom is 0.157 e. The first-order chi connectivity index (χ1) is 8.86. The number of fused-ring (bicyclic) bond motifs is 1. The molecule has 2 heterocycles. The lowest BCUT2D eigenvalue weighted by atomic mass is 10.3. The number of rotatable bonds is 3. The third kappa shape index (κ3) is 2.25. The molecule has 0 fully saturated rings. The molecule has 0 bridgehead atoms. The normalized spacial score (nSPS) is 10.9.